The standard InChI is InChI=1S/C15H17NO3/c1-14(2)11(15(14,3)4)12-16-9-7-5-6-8(13(17)18)10(9)19-12/h5-7,11H,1-4H3,(H,17,18). The Morgan fingerprint density at radius 3 is 2.42 bits per heavy atom. The zero-order chi connectivity index (χ0) is 14.0. The number of para-hydroxylation sites is 1. The Morgan fingerprint density at radius 1 is 1.26 bits per heavy atom. The Morgan fingerprint density at radius 2 is 1.89 bits per heavy atom. The monoisotopic (exact) mass is 259 g/mol. The van der Waals surface area contributed by atoms with E-state index in [0.29, 0.717) is 17.0 Å². The highest BCUT2D eigenvalue weighted by molar-refractivity contribution is 5.99. The van der Waals surface area contributed by atoms with Gasteiger partial charge in [-0.1, -0.05) is 33.8 Å². The van der Waals surface area contributed by atoms with Gasteiger partial charge in [0.05, 0.1) is 0 Å². The van der Waals surface area contributed by atoms with Crippen LogP contribution in [0.1, 0.15) is 49.9 Å². The number of carboxylic acids is 1. The third-order valence-electron chi connectivity index (χ3n) is 4.93. The second-order valence-corrected chi connectivity index (χ2v) is 6.39. The number of fused-ring (bicyclic) bond motifs is 1. The molecule has 4 nitrogen and oxygen atoms in total. The smallest absolute Gasteiger partial charge is 0.339 e. The summed E-state index contributed by atoms with van der Waals surface area (Å²) in [6.07, 6.45) is 0. The Hall–Kier alpha value is -1.84. The molecule has 1 aliphatic carbocycles. The van der Waals surface area contributed by atoms with Crippen molar-refractivity contribution in [2.24, 2.45) is 10.8 Å². The third-order valence-corrected chi connectivity index (χ3v) is 4.93. The number of benzene rings is 1. The Balaban J connectivity index is 2.14. The van der Waals surface area contributed by atoms with Crippen LogP contribution in [0.15, 0.2) is 22.6 Å². The van der Waals surface area contributed by atoms with E-state index in [1.165, 1.54) is 0 Å². The summed E-state index contributed by atoms with van der Waals surface area (Å²) in [5, 5.41) is 9.16. The van der Waals surface area contributed by atoms with Gasteiger partial charge in [-0.3, -0.25) is 0 Å². The highest BCUT2D eigenvalue weighted by atomic mass is 16.4. The summed E-state index contributed by atoms with van der Waals surface area (Å²) in [5.41, 5.74) is 1.42. The van der Waals surface area contributed by atoms with Crippen LogP contribution in [-0.4, -0.2) is 16.1 Å². The average Bonchev–Trinajstić information content (AvgIpc) is 2.63. The number of hydrogen-bond donors (Lipinski definition) is 1. The molecule has 0 amide bonds. The molecule has 0 bridgehead atoms. The number of rotatable bonds is 2. The largest absolute Gasteiger partial charge is 0.478 e. The van der Waals surface area contributed by atoms with Gasteiger partial charge in [-0.05, 0) is 23.0 Å². The molecule has 0 aliphatic heterocycles. The maximum absolute atomic E-state index is 11.2. The summed E-state index contributed by atoms with van der Waals surface area (Å²) in [5.74, 6) is -0.102. The predicted molar refractivity (Wildman–Crippen MR) is 71.3 cm³/mol. The van der Waals surface area contributed by atoms with Crippen molar-refractivity contribution in [2.45, 2.75) is 33.6 Å². The van der Waals surface area contributed by atoms with Gasteiger partial charge in [-0.2, -0.15) is 0 Å². The normalized spacial score (nSPS) is 20.6. The molecule has 0 radical (unpaired) electrons. The van der Waals surface area contributed by atoms with Crippen molar-refractivity contribution in [2.75, 3.05) is 0 Å². The number of hydrogen-bond acceptors (Lipinski definition) is 3. The van der Waals surface area contributed by atoms with E-state index in [1.54, 1.807) is 18.2 Å². The zero-order valence-electron chi connectivity index (χ0n) is 11.5. The lowest BCUT2D eigenvalue weighted by Gasteiger charge is -2.03. The van der Waals surface area contributed by atoms with Gasteiger partial charge >= 0.3 is 5.97 Å². The van der Waals surface area contributed by atoms with E-state index in [4.69, 9.17) is 9.52 Å². The Kier molecular flexibility index (Phi) is 2.17. The SMILES string of the molecule is CC1(C)C(c2nc3cccc(C(=O)O)c3o2)C1(C)C. The fourth-order valence-corrected chi connectivity index (χ4v) is 3.07. The molecule has 19 heavy (non-hydrogen) atoms. The molecule has 1 aromatic carbocycles. The van der Waals surface area contributed by atoms with Crippen molar-refractivity contribution >= 4 is 17.1 Å². The molecule has 0 spiro atoms. The summed E-state index contributed by atoms with van der Waals surface area (Å²) >= 11 is 0. The van der Waals surface area contributed by atoms with Gasteiger partial charge < -0.3 is 9.52 Å². The number of carbonyl (C=O) groups is 1. The van der Waals surface area contributed by atoms with Crippen LogP contribution in [-0.2, 0) is 0 Å². The highest BCUT2D eigenvalue weighted by Crippen LogP contribution is 2.73. The number of carboxylic acid groups (broad SMARTS) is 1. The first-order chi connectivity index (χ1) is 8.76. The Bertz CT molecular complexity index is 668. The van der Waals surface area contributed by atoms with Crippen LogP contribution in [0.4, 0.5) is 0 Å². The maximum Gasteiger partial charge on any atom is 0.339 e. The predicted octanol–water partition coefficient (Wildman–Crippen LogP) is 3.68. The number of aromatic carboxylic acids is 1. The molecular formula is C15H17NO3. The van der Waals surface area contributed by atoms with Crippen molar-refractivity contribution < 1.29 is 14.3 Å². The molecule has 3 rings (SSSR count). The van der Waals surface area contributed by atoms with E-state index in [0.717, 1.165) is 0 Å². The van der Waals surface area contributed by atoms with E-state index < -0.39 is 5.97 Å². The van der Waals surface area contributed by atoms with Crippen LogP contribution in [0.3, 0.4) is 0 Å². The average molecular weight is 259 g/mol. The summed E-state index contributed by atoms with van der Waals surface area (Å²) in [6.45, 7) is 8.74. The molecule has 2 aromatic rings. The summed E-state index contributed by atoms with van der Waals surface area (Å²) in [4.78, 5) is 15.7. The molecule has 4 heteroatoms. The van der Waals surface area contributed by atoms with Crippen molar-refractivity contribution in [3.63, 3.8) is 0 Å². The molecule has 1 aliphatic rings. The van der Waals surface area contributed by atoms with Gasteiger partial charge in [0.15, 0.2) is 11.5 Å². The molecule has 1 heterocycles. The second-order valence-electron chi connectivity index (χ2n) is 6.39. The molecule has 100 valence electrons. The minimum Gasteiger partial charge on any atom is -0.478 e. The fourth-order valence-electron chi connectivity index (χ4n) is 3.07. The minimum atomic E-state index is -0.984. The quantitative estimate of drug-likeness (QED) is 0.893. The minimum absolute atomic E-state index is 0.122. The number of aromatic nitrogens is 1. The second kappa shape index (κ2) is 3.38. The van der Waals surface area contributed by atoms with Gasteiger partial charge in [-0.15, -0.1) is 0 Å². The third kappa shape index (κ3) is 1.46. The molecule has 1 aromatic heterocycles. The van der Waals surface area contributed by atoms with Gasteiger partial charge in [0.25, 0.3) is 0 Å². The van der Waals surface area contributed by atoms with E-state index in [-0.39, 0.29) is 22.3 Å². The van der Waals surface area contributed by atoms with E-state index in [2.05, 4.69) is 32.7 Å². The number of nitrogens with zero attached hydrogens (tertiary/aromatic N) is 1. The van der Waals surface area contributed by atoms with Crippen LogP contribution in [0, 0.1) is 10.8 Å². The number of oxazole rings is 1. The van der Waals surface area contributed by atoms with Crippen molar-refractivity contribution in [1.82, 2.24) is 4.98 Å². The van der Waals surface area contributed by atoms with Gasteiger partial charge in [0.1, 0.15) is 11.1 Å². The molecule has 0 atom stereocenters. The highest BCUT2D eigenvalue weighted by Gasteiger charge is 2.67. The first-order valence-electron chi connectivity index (χ1n) is 6.39. The first kappa shape index (κ1) is 12.2. The van der Waals surface area contributed by atoms with Gasteiger partial charge in [0, 0.05) is 5.92 Å². The molecule has 0 saturated heterocycles. The van der Waals surface area contributed by atoms with E-state index in [1.807, 2.05) is 0 Å². The van der Waals surface area contributed by atoms with Crippen molar-refractivity contribution in [1.29, 1.82) is 0 Å². The van der Waals surface area contributed by atoms with Crippen molar-refractivity contribution in [3.05, 3.63) is 29.7 Å². The Labute approximate surface area is 111 Å². The van der Waals surface area contributed by atoms with E-state index in [9.17, 15) is 4.79 Å². The van der Waals surface area contributed by atoms with Crippen LogP contribution in [0.5, 0.6) is 0 Å². The van der Waals surface area contributed by atoms with Gasteiger partial charge in [-0.25, -0.2) is 9.78 Å². The summed E-state index contributed by atoms with van der Waals surface area (Å²) < 4.78 is 5.76. The molecule has 1 saturated carbocycles. The van der Waals surface area contributed by atoms with Crippen LogP contribution >= 0.6 is 0 Å². The lowest BCUT2D eigenvalue weighted by molar-refractivity contribution is 0.0698. The van der Waals surface area contributed by atoms with E-state index >= 15 is 0 Å². The summed E-state index contributed by atoms with van der Waals surface area (Å²) in [6, 6.07) is 5.03. The zero-order valence-corrected chi connectivity index (χ0v) is 11.5. The molecule has 1 fully saturated rings. The van der Waals surface area contributed by atoms with Crippen LogP contribution in [0.2, 0.25) is 0 Å². The molecular weight excluding hydrogens is 242 g/mol. The van der Waals surface area contributed by atoms with Crippen molar-refractivity contribution in [3.8, 4) is 0 Å². The molecule has 1 N–H and O–H groups in total. The lowest BCUT2D eigenvalue weighted by Crippen LogP contribution is -1.95. The fraction of sp³-hybridized carbons (Fsp3) is 0.467. The lowest BCUT2D eigenvalue weighted by atomic mass is 10.0. The van der Waals surface area contributed by atoms with Crippen LogP contribution in [0.25, 0.3) is 11.1 Å². The summed E-state index contributed by atoms with van der Waals surface area (Å²) in [7, 11) is 0. The first-order valence-corrected chi connectivity index (χ1v) is 6.39. The van der Waals surface area contributed by atoms with Crippen LogP contribution < -0.4 is 0 Å². The molecule has 0 unspecified atom stereocenters. The topological polar surface area (TPSA) is 63.3 Å². The maximum atomic E-state index is 11.2. The van der Waals surface area contributed by atoms with Gasteiger partial charge in [0.2, 0.25) is 0 Å².